The van der Waals surface area contributed by atoms with Gasteiger partial charge in [0.1, 0.15) is 0 Å². The highest BCUT2D eigenvalue weighted by Gasteiger charge is 2.19. The molecular weight excluding hydrogens is 212 g/mol. The van der Waals surface area contributed by atoms with E-state index in [2.05, 4.69) is 10.6 Å². The summed E-state index contributed by atoms with van der Waals surface area (Å²) >= 11 is 1.50. The molecule has 1 fully saturated rings. The molecule has 5 heteroatoms. The molecule has 1 atom stereocenters. The van der Waals surface area contributed by atoms with E-state index < -0.39 is 0 Å². The Balaban J connectivity index is 1.87. The normalized spacial score (nSPS) is 20.8. The smallest absolute Gasteiger partial charge is 0.252 e. The Labute approximate surface area is 91.7 Å². The standard InChI is InChI=1S/C10H12N2O2S/c13-9-2-1-8(5-11-9)12-10(14)7-3-4-15-6-7/h3-4,6,8H,1-2,5H2,(H,11,13)(H,12,14). The lowest BCUT2D eigenvalue weighted by Gasteiger charge is -2.23. The second-order valence-electron chi connectivity index (χ2n) is 3.53. The van der Waals surface area contributed by atoms with E-state index in [9.17, 15) is 9.59 Å². The number of hydrogen-bond acceptors (Lipinski definition) is 3. The van der Waals surface area contributed by atoms with E-state index in [0.29, 0.717) is 18.5 Å². The average molecular weight is 224 g/mol. The van der Waals surface area contributed by atoms with Crippen LogP contribution in [-0.2, 0) is 4.79 Å². The van der Waals surface area contributed by atoms with Gasteiger partial charge < -0.3 is 10.6 Å². The van der Waals surface area contributed by atoms with Crippen molar-refractivity contribution in [2.75, 3.05) is 6.54 Å². The van der Waals surface area contributed by atoms with E-state index in [1.165, 1.54) is 11.3 Å². The van der Waals surface area contributed by atoms with Crippen LogP contribution < -0.4 is 10.6 Å². The molecule has 80 valence electrons. The Morgan fingerprint density at radius 1 is 1.60 bits per heavy atom. The number of rotatable bonds is 2. The summed E-state index contributed by atoms with van der Waals surface area (Å²) in [4.78, 5) is 22.5. The maximum atomic E-state index is 11.6. The van der Waals surface area contributed by atoms with E-state index >= 15 is 0 Å². The van der Waals surface area contributed by atoms with Crippen molar-refractivity contribution in [3.8, 4) is 0 Å². The van der Waals surface area contributed by atoms with E-state index in [4.69, 9.17) is 0 Å². The molecule has 1 aliphatic rings. The van der Waals surface area contributed by atoms with Gasteiger partial charge in [-0.15, -0.1) is 0 Å². The van der Waals surface area contributed by atoms with Crippen molar-refractivity contribution in [2.24, 2.45) is 0 Å². The quantitative estimate of drug-likeness (QED) is 0.779. The van der Waals surface area contributed by atoms with Crippen molar-refractivity contribution in [3.63, 3.8) is 0 Å². The molecule has 0 bridgehead atoms. The summed E-state index contributed by atoms with van der Waals surface area (Å²) in [7, 11) is 0. The van der Waals surface area contributed by atoms with Gasteiger partial charge in [-0.05, 0) is 17.9 Å². The topological polar surface area (TPSA) is 58.2 Å². The van der Waals surface area contributed by atoms with Crippen molar-refractivity contribution in [2.45, 2.75) is 18.9 Å². The highest BCUT2D eigenvalue weighted by molar-refractivity contribution is 7.08. The lowest BCUT2D eigenvalue weighted by atomic mass is 10.1. The molecule has 2 rings (SSSR count). The lowest BCUT2D eigenvalue weighted by molar-refractivity contribution is -0.122. The Hall–Kier alpha value is -1.36. The molecule has 2 heterocycles. The Kier molecular flexibility index (Phi) is 3.01. The molecule has 1 aromatic rings. The number of nitrogens with one attached hydrogen (secondary N) is 2. The molecule has 1 unspecified atom stereocenters. The van der Waals surface area contributed by atoms with E-state index in [1.54, 1.807) is 6.07 Å². The zero-order valence-electron chi connectivity index (χ0n) is 8.16. The number of thiophene rings is 1. The summed E-state index contributed by atoms with van der Waals surface area (Å²) < 4.78 is 0. The lowest BCUT2D eigenvalue weighted by Crippen LogP contribution is -2.47. The minimum absolute atomic E-state index is 0.0580. The summed E-state index contributed by atoms with van der Waals surface area (Å²) in [5.74, 6) is 0.00781. The van der Waals surface area contributed by atoms with Crippen molar-refractivity contribution < 1.29 is 9.59 Å². The van der Waals surface area contributed by atoms with Crippen molar-refractivity contribution in [1.29, 1.82) is 0 Å². The first kappa shape index (κ1) is 10.2. The molecule has 1 saturated heterocycles. The fourth-order valence-electron chi connectivity index (χ4n) is 1.52. The van der Waals surface area contributed by atoms with Gasteiger partial charge in [-0.1, -0.05) is 0 Å². The number of amides is 2. The minimum Gasteiger partial charge on any atom is -0.354 e. The predicted octanol–water partition coefficient (Wildman–Crippen LogP) is 0.757. The van der Waals surface area contributed by atoms with Gasteiger partial charge in [-0.3, -0.25) is 9.59 Å². The van der Waals surface area contributed by atoms with Gasteiger partial charge in [0.25, 0.3) is 5.91 Å². The van der Waals surface area contributed by atoms with Crippen LogP contribution in [0.25, 0.3) is 0 Å². The third-order valence-corrected chi connectivity index (χ3v) is 3.07. The zero-order chi connectivity index (χ0) is 10.7. The van der Waals surface area contributed by atoms with E-state index in [1.807, 2.05) is 10.8 Å². The van der Waals surface area contributed by atoms with Crippen molar-refractivity contribution in [3.05, 3.63) is 22.4 Å². The summed E-state index contributed by atoms with van der Waals surface area (Å²) in [6.45, 7) is 0.536. The molecule has 2 amide bonds. The monoisotopic (exact) mass is 224 g/mol. The van der Waals surface area contributed by atoms with Gasteiger partial charge in [0.15, 0.2) is 0 Å². The summed E-state index contributed by atoms with van der Waals surface area (Å²) in [6.07, 6.45) is 1.22. The molecular formula is C10H12N2O2S. The molecule has 1 aliphatic heterocycles. The fraction of sp³-hybridized carbons (Fsp3) is 0.400. The highest BCUT2D eigenvalue weighted by atomic mass is 32.1. The first-order valence-corrected chi connectivity index (χ1v) is 5.80. The second kappa shape index (κ2) is 4.44. The first-order chi connectivity index (χ1) is 7.25. The molecule has 0 saturated carbocycles. The Morgan fingerprint density at radius 3 is 3.07 bits per heavy atom. The first-order valence-electron chi connectivity index (χ1n) is 4.85. The number of hydrogen-bond donors (Lipinski definition) is 2. The highest BCUT2D eigenvalue weighted by Crippen LogP contribution is 2.08. The molecule has 0 aromatic carbocycles. The van der Waals surface area contributed by atoms with Crippen molar-refractivity contribution in [1.82, 2.24) is 10.6 Å². The maximum absolute atomic E-state index is 11.6. The van der Waals surface area contributed by atoms with Crippen LogP contribution in [0.4, 0.5) is 0 Å². The summed E-state index contributed by atoms with van der Waals surface area (Å²) in [5, 5.41) is 9.32. The van der Waals surface area contributed by atoms with Crippen LogP contribution in [0.3, 0.4) is 0 Å². The largest absolute Gasteiger partial charge is 0.354 e. The zero-order valence-corrected chi connectivity index (χ0v) is 8.97. The third kappa shape index (κ3) is 2.56. The third-order valence-electron chi connectivity index (χ3n) is 2.38. The van der Waals surface area contributed by atoms with E-state index in [0.717, 1.165) is 6.42 Å². The predicted molar refractivity (Wildman–Crippen MR) is 57.8 cm³/mol. The van der Waals surface area contributed by atoms with Gasteiger partial charge in [-0.25, -0.2) is 0 Å². The van der Waals surface area contributed by atoms with Crippen LogP contribution in [0.5, 0.6) is 0 Å². The molecule has 0 spiro atoms. The molecule has 2 N–H and O–H groups in total. The van der Waals surface area contributed by atoms with Crippen LogP contribution in [0.2, 0.25) is 0 Å². The van der Waals surface area contributed by atoms with Crippen LogP contribution in [0.1, 0.15) is 23.2 Å². The number of carbonyl (C=O) groups excluding carboxylic acids is 2. The van der Waals surface area contributed by atoms with Crippen LogP contribution in [0, 0.1) is 0 Å². The van der Waals surface area contributed by atoms with Gasteiger partial charge >= 0.3 is 0 Å². The maximum Gasteiger partial charge on any atom is 0.252 e. The number of carbonyl (C=O) groups is 2. The summed E-state index contributed by atoms with van der Waals surface area (Å²) in [6, 6.07) is 1.86. The molecule has 15 heavy (non-hydrogen) atoms. The Morgan fingerprint density at radius 2 is 2.47 bits per heavy atom. The minimum atomic E-state index is -0.0580. The molecule has 4 nitrogen and oxygen atoms in total. The second-order valence-corrected chi connectivity index (χ2v) is 4.31. The Bertz CT molecular complexity index is 352. The molecule has 0 aliphatic carbocycles. The van der Waals surface area contributed by atoms with Gasteiger partial charge in [0, 0.05) is 30.0 Å². The molecule has 1 aromatic heterocycles. The van der Waals surface area contributed by atoms with Gasteiger partial charge in [0.05, 0.1) is 0 Å². The summed E-state index contributed by atoms with van der Waals surface area (Å²) in [5.41, 5.74) is 0.692. The van der Waals surface area contributed by atoms with Crippen LogP contribution >= 0.6 is 11.3 Å². The van der Waals surface area contributed by atoms with Crippen molar-refractivity contribution >= 4 is 23.2 Å². The van der Waals surface area contributed by atoms with Gasteiger partial charge in [-0.2, -0.15) is 11.3 Å². The number of piperidine rings is 1. The van der Waals surface area contributed by atoms with Crippen LogP contribution in [0.15, 0.2) is 16.8 Å². The molecule has 0 radical (unpaired) electrons. The fourth-order valence-corrected chi connectivity index (χ4v) is 2.15. The average Bonchev–Trinajstić information content (AvgIpc) is 2.74. The van der Waals surface area contributed by atoms with Gasteiger partial charge in [0.2, 0.25) is 5.91 Å². The SMILES string of the molecule is O=C1CCC(NC(=O)c2ccsc2)CN1. The van der Waals surface area contributed by atoms with E-state index in [-0.39, 0.29) is 17.9 Å². The van der Waals surface area contributed by atoms with Crippen LogP contribution in [-0.4, -0.2) is 24.4 Å².